The molecular weight excluding hydrogens is 178 g/mol. The molecule has 0 aliphatic heterocycles. The van der Waals surface area contributed by atoms with Gasteiger partial charge in [-0.05, 0) is 13.0 Å². The van der Waals surface area contributed by atoms with Crippen LogP contribution in [0.3, 0.4) is 0 Å². The molecule has 66 valence electrons. The van der Waals surface area contributed by atoms with Crippen LogP contribution < -0.4 is 4.57 Å². The Morgan fingerprint density at radius 3 is 2.92 bits per heavy atom. The van der Waals surface area contributed by atoms with Gasteiger partial charge in [-0.25, -0.2) is 0 Å². The third kappa shape index (κ3) is 1.27. The molecule has 0 radical (unpaired) electrons. The summed E-state index contributed by atoms with van der Waals surface area (Å²) in [5.74, 6) is 0. The first-order valence-electron chi connectivity index (χ1n) is 4.40. The van der Waals surface area contributed by atoms with Crippen LogP contribution in [0.25, 0.3) is 16.3 Å². The van der Waals surface area contributed by atoms with Gasteiger partial charge in [-0.2, -0.15) is 4.57 Å². The van der Waals surface area contributed by atoms with Crippen LogP contribution in [-0.4, -0.2) is 0 Å². The minimum absolute atomic E-state index is 1.01. The van der Waals surface area contributed by atoms with Crippen molar-refractivity contribution >= 4 is 27.6 Å². The fraction of sp³-hybridized carbons (Fsp3) is 0.182. The van der Waals surface area contributed by atoms with Crippen molar-refractivity contribution in [3.8, 4) is 0 Å². The average molecular weight is 190 g/mol. The van der Waals surface area contributed by atoms with Gasteiger partial charge in [0.25, 0.3) is 5.01 Å². The molecule has 0 fully saturated rings. The molecule has 0 saturated carbocycles. The number of para-hydroxylation sites is 1. The molecule has 0 N–H and O–H groups in total. The van der Waals surface area contributed by atoms with Gasteiger partial charge in [0.05, 0.1) is 0 Å². The van der Waals surface area contributed by atoms with Crippen molar-refractivity contribution in [2.75, 3.05) is 0 Å². The number of hydrogen-bond donors (Lipinski definition) is 0. The van der Waals surface area contributed by atoms with E-state index in [0.29, 0.717) is 0 Å². The molecule has 1 nitrogen and oxygen atoms in total. The van der Waals surface area contributed by atoms with Crippen molar-refractivity contribution in [2.24, 2.45) is 0 Å². The van der Waals surface area contributed by atoms with Crippen LogP contribution in [0.4, 0.5) is 0 Å². The summed E-state index contributed by atoms with van der Waals surface area (Å²) in [4.78, 5) is 0. The Labute approximate surface area is 82.0 Å². The largest absolute Gasteiger partial charge is 0.262 e. The highest BCUT2D eigenvalue weighted by molar-refractivity contribution is 7.18. The standard InChI is InChI=1S/C11H12NS/c1-3-11-12(4-2)9-7-5-6-8-10(9)13-11/h3,5-8H,1,4H2,2H3/q+1. The van der Waals surface area contributed by atoms with Gasteiger partial charge in [-0.15, -0.1) is 0 Å². The number of rotatable bonds is 2. The Hall–Kier alpha value is -1.15. The number of benzene rings is 1. The summed E-state index contributed by atoms with van der Waals surface area (Å²) in [6.07, 6.45) is 1.92. The van der Waals surface area contributed by atoms with E-state index in [2.05, 4.69) is 42.3 Å². The molecule has 0 saturated heterocycles. The molecule has 0 aliphatic rings. The van der Waals surface area contributed by atoms with Gasteiger partial charge in [-0.3, -0.25) is 0 Å². The number of hydrogen-bond acceptors (Lipinski definition) is 1. The van der Waals surface area contributed by atoms with E-state index in [1.807, 2.05) is 6.08 Å². The molecule has 0 aliphatic carbocycles. The highest BCUT2D eigenvalue weighted by atomic mass is 32.1. The van der Waals surface area contributed by atoms with Gasteiger partial charge in [-0.1, -0.05) is 30.0 Å². The summed E-state index contributed by atoms with van der Waals surface area (Å²) in [6.45, 7) is 6.99. The van der Waals surface area contributed by atoms with E-state index in [1.54, 1.807) is 11.3 Å². The molecule has 1 aromatic carbocycles. The maximum absolute atomic E-state index is 3.82. The Balaban J connectivity index is 2.81. The third-order valence-corrected chi connectivity index (χ3v) is 3.29. The molecule has 0 unspecified atom stereocenters. The van der Waals surface area contributed by atoms with E-state index in [9.17, 15) is 0 Å². The summed E-state index contributed by atoms with van der Waals surface area (Å²) in [7, 11) is 0. The topological polar surface area (TPSA) is 3.88 Å². The van der Waals surface area contributed by atoms with Gasteiger partial charge >= 0.3 is 0 Å². The number of fused-ring (bicyclic) bond motifs is 1. The van der Waals surface area contributed by atoms with Crippen molar-refractivity contribution in [2.45, 2.75) is 13.5 Å². The lowest BCUT2D eigenvalue weighted by molar-refractivity contribution is -0.665. The Kier molecular flexibility index (Phi) is 2.15. The SMILES string of the molecule is C=Cc1sc2ccccc2[n+]1CC. The predicted molar refractivity (Wildman–Crippen MR) is 57.8 cm³/mol. The molecule has 1 heterocycles. The van der Waals surface area contributed by atoms with Crippen LogP contribution in [0.15, 0.2) is 30.8 Å². The second-order valence-corrected chi connectivity index (χ2v) is 3.92. The maximum Gasteiger partial charge on any atom is 0.262 e. The second-order valence-electron chi connectivity index (χ2n) is 2.86. The van der Waals surface area contributed by atoms with E-state index in [0.717, 1.165) is 6.54 Å². The van der Waals surface area contributed by atoms with E-state index >= 15 is 0 Å². The van der Waals surface area contributed by atoms with Crippen molar-refractivity contribution < 1.29 is 4.57 Å². The molecule has 0 bridgehead atoms. The fourth-order valence-electron chi connectivity index (χ4n) is 1.53. The monoisotopic (exact) mass is 190 g/mol. The second kappa shape index (κ2) is 3.30. The van der Waals surface area contributed by atoms with E-state index in [4.69, 9.17) is 0 Å². The molecular formula is C11H12NS+. The Morgan fingerprint density at radius 2 is 2.23 bits per heavy atom. The predicted octanol–water partition coefficient (Wildman–Crippen LogP) is 2.85. The molecule has 0 spiro atoms. The molecule has 0 atom stereocenters. The quantitative estimate of drug-likeness (QED) is 0.641. The van der Waals surface area contributed by atoms with Crippen LogP contribution in [0.5, 0.6) is 0 Å². The Morgan fingerprint density at radius 1 is 1.46 bits per heavy atom. The lowest BCUT2D eigenvalue weighted by Gasteiger charge is -1.89. The number of aryl methyl sites for hydroxylation is 1. The van der Waals surface area contributed by atoms with Gasteiger partial charge < -0.3 is 0 Å². The summed E-state index contributed by atoms with van der Waals surface area (Å²) in [5, 5.41) is 1.24. The smallest absolute Gasteiger partial charge is 0.182 e. The van der Waals surface area contributed by atoms with Gasteiger partial charge in [0, 0.05) is 12.1 Å². The molecule has 13 heavy (non-hydrogen) atoms. The third-order valence-electron chi connectivity index (χ3n) is 2.13. The van der Waals surface area contributed by atoms with E-state index in [1.165, 1.54) is 15.2 Å². The summed E-state index contributed by atoms with van der Waals surface area (Å²) in [6, 6.07) is 8.46. The van der Waals surface area contributed by atoms with Crippen molar-refractivity contribution in [3.63, 3.8) is 0 Å². The van der Waals surface area contributed by atoms with Crippen molar-refractivity contribution in [3.05, 3.63) is 35.9 Å². The zero-order valence-corrected chi connectivity index (χ0v) is 8.47. The average Bonchev–Trinajstić information content (AvgIpc) is 2.55. The normalized spacial score (nSPS) is 10.5. The highest BCUT2D eigenvalue weighted by Gasteiger charge is 2.14. The molecule has 2 aromatic rings. The summed E-state index contributed by atoms with van der Waals surface area (Å²) < 4.78 is 3.62. The van der Waals surface area contributed by atoms with Crippen molar-refractivity contribution in [1.29, 1.82) is 0 Å². The fourth-order valence-corrected chi connectivity index (χ4v) is 2.61. The molecule has 2 rings (SSSR count). The number of aromatic nitrogens is 1. The van der Waals surface area contributed by atoms with Crippen LogP contribution in [0.2, 0.25) is 0 Å². The number of nitrogens with zero attached hydrogens (tertiary/aromatic N) is 1. The maximum atomic E-state index is 3.82. The van der Waals surface area contributed by atoms with Crippen molar-refractivity contribution in [1.82, 2.24) is 0 Å². The van der Waals surface area contributed by atoms with Gasteiger partial charge in [0.15, 0.2) is 0 Å². The molecule has 2 heteroatoms. The lowest BCUT2D eigenvalue weighted by atomic mass is 10.3. The van der Waals surface area contributed by atoms with Crippen LogP contribution >= 0.6 is 11.3 Å². The summed E-state index contributed by atoms with van der Waals surface area (Å²) >= 11 is 1.79. The van der Waals surface area contributed by atoms with E-state index < -0.39 is 0 Å². The van der Waals surface area contributed by atoms with Crippen LogP contribution in [0.1, 0.15) is 11.9 Å². The van der Waals surface area contributed by atoms with Gasteiger partial charge in [0.2, 0.25) is 5.52 Å². The van der Waals surface area contributed by atoms with Crippen LogP contribution in [-0.2, 0) is 6.54 Å². The minimum Gasteiger partial charge on any atom is -0.182 e. The van der Waals surface area contributed by atoms with Gasteiger partial charge in [0.1, 0.15) is 11.2 Å². The molecule has 0 amide bonds. The zero-order chi connectivity index (χ0) is 9.26. The first-order chi connectivity index (χ1) is 6.36. The lowest BCUT2D eigenvalue weighted by Crippen LogP contribution is -2.33. The highest BCUT2D eigenvalue weighted by Crippen LogP contribution is 2.20. The number of thiazole rings is 1. The van der Waals surface area contributed by atoms with Crippen LogP contribution in [0, 0.1) is 0 Å². The first kappa shape index (κ1) is 8.45. The Bertz CT molecular complexity index is 442. The minimum atomic E-state index is 1.01. The molecule has 1 aromatic heterocycles. The summed E-state index contributed by atoms with van der Waals surface area (Å²) in [5.41, 5.74) is 1.31. The first-order valence-corrected chi connectivity index (χ1v) is 5.22. The van der Waals surface area contributed by atoms with E-state index in [-0.39, 0.29) is 0 Å². The zero-order valence-electron chi connectivity index (χ0n) is 7.66.